The first-order chi connectivity index (χ1) is 15.5. The number of piperidine rings is 1. The third-order valence-corrected chi connectivity index (χ3v) is 6.53. The Bertz CT molecular complexity index is 1210. The zero-order valence-electron chi connectivity index (χ0n) is 17.4. The molecule has 12 heteroatoms. The summed E-state index contributed by atoms with van der Waals surface area (Å²) in [6.07, 6.45) is 4.52. The maximum Gasteiger partial charge on any atom is 0.273 e. The summed E-state index contributed by atoms with van der Waals surface area (Å²) in [6.45, 7) is 3.59. The third-order valence-electron chi connectivity index (χ3n) is 5.13. The minimum Gasteiger partial charge on any atom is -0.356 e. The van der Waals surface area contributed by atoms with Gasteiger partial charge in [-0.25, -0.2) is 9.97 Å². The maximum atomic E-state index is 12.9. The normalized spacial score (nSPS) is 16.2. The number of amides is 2. The molecule has 1 aliphatic rings. The van der Waals surface area contributed by atoms with Gasteiger partial charge in [0, 0.05) is 25.8 Å². The number of carbonyl (C=O) groups excluding carboxylic acids is 2. The molecule has 10 nitrogen and oxygen atoms in total. The number of aromatic nitrogens is 4. The number of thiazole rings is 1. The van der Waals surface area contributed by atoms with E-state index in [-0.39, 0.29) is 29.1 Å². The molecule has 3 aromatic rings. The van der Waals surface area contributed by atoms with Crippen molar-refractivity contribution in [1.82, 2.24) is 24.8 Å². The van der Waals surface area contributed by atoms with Crippen LogP contribution in [0.4, 0.5) is 10.8 Å². The van der Waals surface area contributed by atoms with Gasteiger partial charge in [-0.2, -0.15) is 4.98 Å². The zero-order valence-corrected chi connectivity index (χ0v) is 18.9. The van der Waals surface area contributed by atoms with Crippen molar-refractivity contribution in [2.45, 2.75) is 26.3 Å². The summed E-state index contributed by atoms with van der Waals surface area (Å²) in [6, 6.07) is 3.27. The largest absolute Gasteiger partial charge is 0.356 e. The second-order valence-electron chi connectivity index (χ2n) is 7.40. The fourth-order valence-corrected chi connectivity index (χ4v) is 4.76. The maximum absolute atomic E-state index is 12.9. The Morgan fingerprint density at radius 3 is 2.97 bits per heavy atom. The first kappa shape index (κ1) is 22.2. The van der Waals surface area contributed by atoms with E-state index in [4.69, 9.17) is 11.6 Å². The number of hydrogen-bond acceptors (Lipinski definition) is 8. The smallest absolute Gasteiger partial charge is 0.273 e. The lowest BCUT2D eigenvalue weighted by Crippen LogP contribution is -2.43. The van der Waals surface area contributed by atoms with E-state index >= 15 is 0 Å². The van der Waals surface area contributed by atoms with E-state index in [1.807, 2.05) is 11.8 Å². The molecule has 3 aromatic heterocycles. The van der Waals surface area contributed by atoms with Crippen molar-refractivity contribution in [2.24, 2.45) is 5.92 Å². The highest BCUT2D eigenvalue weighted by Gasteiger charge is 2.27. The minimum absolute atomic E-state index is 0.0403. The summed E-state index contributed by atoms with van der Waals surface area (Å²) in [5.74, 6) is -0.490. The lowest BCUT2D eigenvalue weighted by molar-refractivity contribution is -0.125. The van der Waals surface area contributed by atoms with Crippen molar-refractivity contribution in [3.05, 3.63) is 40.2 Å². The summed E-state index contributed by atoms with van der Waals surface area (Å²) < 4.78 is 1.60. The number of nitrogens with zero attached hydrogens (tertiary/aromatic N) is 5. The highest BCUT2D eigenvalue weighted by atomic mass is 35.5. The van der Waals surface area contributed by atoms with Crippen LogP contribution in [0.1, 0.15) is 19.8 Å². The Labute approximate surface area is 192 Å². The SMILES string of the molecule is CCNC(=O)[C@H]1CCCN(c2nc3ncn(CC(=O)Nc4cccnc4Cl)c(=O)c3s2)C1. The van der Waals surface area contributed by atoms with Crippen LogP contribution in [-0.2, 0) is 16.1 Å². The van der Waals surface area contributed by atoms with Gasteiger partial charge in [0.15, 0.2) is 15.9 Å². The van der Waals surface area contributed by atoms with Crippen molar-refractivity contribution < 1.29 is 9.59 Å². The molecule has 1 atom stereocenters. The van der Waals surface area contributed by atoms with Crippen LogP contribution < -0.4 is 21.1 Å². The molecule has 0 aliphatic carbocycles. The van der Waals surface area contributed by atoms with E-state index in [0.717, 1.165) is 19.4 Å². The Kier molecular flexibility index (Phi) is 6.66. The van der Waals surface area contributed by atoms with Crippen LogP contribution in [0.25, 0.3) is 10.3 Å². The van der Waals surface area contributed by atoms with Crippen LogP contribution in [0.2, 0.25) is 5.15 Å². The van der Waals surface area contributed by atoms with E-state index in [0.29, 0.717) is 34.3 Å². The summed E-state index contributed by atoms with van der Waals surface area (Å²) >= 11 is 7.19. The number of pyridine rings is 1. The van der Waals surface area contributed by atoms with Gasteiger partial charge in [0.05, 0.1) is 11.6 Å². The number of halogens is 1. The molecule has 0 bridgehead atoms. The Balaban J connectivity index is 1.51. The summed E-state index contributed by atoms with van der Waals surface area (Å²) in [4.78, 5) is 52.2. The first-order valence-electron chi connectivity index (χ1n) is 10.2. The van der Waals surface area contributed by atoms with Crippen LogP contribution >= 0.6 is 22.9 Å². The van der Waals surface area contributed by atoms with Crippen molar-refractivity contribution >= 4 is 55.9 Å². The molecule has 4 heterocycles. The van der Waals surface area contributed by atoms with Gasteiger partial charge >= 0.3 is 0 Å². The lowest BCUT2D eigenvalue weighted by atomic mass is 9.97. The molecule has 32 heavy (non-hydrogen) atoms. The van der Waals surface area contributed by atoms with Crippen molar-refractivity contribution in [3.8, 4) is 0 Å². The number of nitrogens with one attached hydrogen (secondary N) is 2. The van der Waals surface area contributed by atoms with Crippen LogP contribution in [0.5, 0.6) is 0 Å². The second kappa shape index (κ2) is 9.61. The van der Waals surface area contributed by atoms with E-state index in [2.05, 4.69) is 25.6 Å². The van der Waals surface area contributed by atoms with Crippen LogP contribution in [0.3, 0.4) is 0 Å². The number of fused-ring (bicyclic) bond motifs is 1. The highest BCUT2D eigenvalue weighted by molar-refractivity contribution is 7.22. The van der Waals surface area contributed by atoms with Gasteiger partial charge in [-0.3, -0.25) is 19.0 Å². The summed E-state index contributed by atoms with van der Waals surface area (Å²) in [5.41, 5.74) is 0.360. The number of anilines is 2. The highest BCUT2D eigenvalue weighted by Crippen LogP contribution is 2.29. The molecule has 1 fully saturated rings. The molecule has 0 saturated carbocycles. The Hall–Kier alpha value is -3.05. The van der Waals surface area contributed by atoms with Gasteiger partial charge in [0.2, 0.25) is 11.8 Å². The van der Waals surface area contributed by atoms with Crippen molar-refractivity contribution in [3.63, 3.8) is 0 Å². The van der Waals surface area contributed by atoms with Gasteiger partial charge in [-0.1, -0.05) is 22.9 Å². The fraction of sp³-hybridized carbons (Fsp3) is 0.400. The third kappa shape index (κ3) is 4.73. The number of hydrogen-bond donors (Lipinski definition) is 2. The molecular weight excluding hydrogens is 454 g/mol. The topological polar surface area (TPSA) is 122 Å². The van der Waals surface area contributed by atoms with E-state index in [9.17, 15) is 14.4 Å². The minimum atomic E-state index is -0.423. The predicted octanol–water partition coefficient (Wildman–Crippen LogP) is 1.89. The average Bonchev–Trinajstić information content (AvgIpc) is 3.23. The van der Waals surface area contributed by atoms with Gasteiger partial charge < -0.3 is 15.5 Å². The van der Waals surface area contributed by atoms with Crippen molar-refractivity contribution in [2.75, 3.05) is 29.9 Å². The number of rotatable bonds is 6. The summed E-state index contributed by atoms with van der Waals surface area (Å²) in [5, 5.41) is 6.33. The van der Waals surface area contributed by atoms with E-state index in [1.165, 1.54) is 28.4 Å². The van der Waals surface area contributed by atoms with E-state index in [1.54, 1.807) is 12.1 Å². The zero-order chi connectivity index (χ0) is 22.7. The molecule has 2 N–H and O–H groups in total. The molecule has 0 spiro atoms. The van der Waals surface area contributed by atoms with Crippen LogP contribution in [0.15, 0.2) is 29.5 Å². The average molecular weight is 476 g/mol. The molecule has 168 valence electrons. The molecule has 1 saturated heterocycles. The Morgan fingerprint density at radius 2 is 2.19 bits per heavy atom. The molecule has 4 rings (SSSR count). The standard InChI is InChI=1S/C20H22ClN7O3S/c1-2-22-18(30)12-5-4-8-27(9-12)20-26-17-15(32-20)19(31)28(11-24-17)10-14(29)25-13-6-3-7-23-16(13)21/h3,6-7,11-12H,2,4-5,8-10H2,1H3,(H,22,30)(H,25,29)/t12-/m0/s1. The van der Waals surface area contributed by atoms with Crippen molar-refractivity contribution in [1.29, 1.82) is 0 Å². The molecule has 0 unspecified atom stereocenters. The van der Waals surface area contributed by atoms with E-state index < -0.39 is 5.91 Å². The molecule has 2 amide bonds. The lowest BCUT2D eigenvalue weighted by Gasteiger charge is -2.31. The van der Waals surface area contributed by atoms with Crippen LogP contribution in [-0.4, -0.2) is 51.0 Å². The Morgan fingerprint density at radius 1 is 1.34 bits per heavy atom. The summed E-state index contributed by atoms with van der Waals surface area (Å²) in [7, 11) is 0. The van der Waals surface area contributed by atoms with Gasteiger partial charge in [0.25, 0.3) is 5.56 Å². The quantitative estimate of drug-likeness (QED) is 0.522. The first-order valence-corrected chi connectivity index (χ1v) is 11.4. The molecule has 1 aliphatic heterocycles. The fourth-order valence-electron chi connectivity index (χ4n) is 3.59. The van der Waals surface area contributed by atoms with Gasteiger partial charge in [-0.15, -0.1) is 0 Å². The number of carbonyl (C=O) groups is 2. The van der Waals surface area contributed by atoms with Crippen LogP contribution in [0, 0.1) is 5.92 Å². The molecule has 0 aromatic carbocycles. The predicted molar refractivity (Wildman–Crippen MR) is 123 cm³/mol. The second-order valence-corrected chi connectivity index (χ2v) is 8.73. The van der Waals surface area contributed by atoms with Gasteiger partial charge in [-0.05, 0) is 31.9 Å². The monoisotopic (exact) mass is 475 g/mol. The van der Waals surface area contributed by atoms with Gasteiger partial charge in [0.1, 0.15) is 17.6 Å². The molecule has 0 radical (unpaired) electrons. The molecular formula is C20H22ClN7O3S.